The fourth-order valence-corrected chi connectivity index (χ4v) is 1.99. The molecule has 0 aliphatic rings. The number of amides is 1. The van der Waals surface area contributed by atoms with Gasteiger partial charge in [0.25, 0.3) is 5.91 Å². The maximum atomic E-state index is 12.8. The fraction of sp³-hybridized carbons (Fsp3) is 0.176. The maximum absolute atomic E-state index is 12.8. The normalized spacial score (nSPS) is 10.2. The third kappa shape index (κ3) is 4.41. The zero-order valence-electron chi connectivity index (χ0n) is 11.9. The van der Waals surface area contributed by atoms with Crippen LogP contribution in [0.15, 0.2) is 48.5 Å². The van der Waals surface area contributed by atoms with Crippen LogP contribution in [0.3, 0.4) is 0 Å². The molecule has 0 aliphatic heterocycles. The molecule has 0 bridgehead atoms. The molecular weight excluding hydrogens is 285 g/mol. The number of Topliss-reactive ketones (excluding diaryl/α,β-unsaturated/α-hetero) is 1. The molecule has 0 aliphatic carbocycles. The second-order valence-corrected chi connectivity index (χ2v) is 4.86. The molecule has 0 atom stereocenters. The van der Waals surface area contributed by atoms with Gasteiger partial charge in [-0.25, -0.2) is 4.39 Å². The van der Waals surface area contributed by atoms with Crippen molar-refractivity contribution in [3.8, 4) is 5.75 Å². The predicted octanol–water partition coefficient (Wildman–Crippen LogP) is 2.46. The second-order valence-electron chi connectivity index (χ2n) is 4.86. The summed E-state index contributed by atoms with van der Waals surface area (Å²) in [5, 5.41) is 12.1. The number of benzene rings is 2. The van der Waals surface area contributed by atoms with Crippen molar-refractivity contribution < 1.29 is 19.1 Å². The average molecular weight is 301 g/mol. The van der Waals surface area contributed by atoms with Gasteiger partial charge in [0.2, 0.25) is 0 Å². The lowest BCUT2D eigenvalue weighted by Gasteiger charge is -2.06. The van der Waals surface area contributed by atoms with Crippen LogP contribution in [-0.2, 0) is 11.2 Å². The van der Waals surface area contributed by atoms with E-state index < -0.39 is 5.91 Å². The van der Waals surface area contributed by atoms with Gasteiger partial charge < -0.3 is 10.4 Å². The molecular formula is C17H16FNO3. The highest BCUT2D eigenvalue weighted by Gasteiger charge is 2.10. The number of rotatable bonds is 6. The number of carbonyl (C=O) groups is 2. The summed E-state index contributed by atoms with van der Waals surface area (Å²) in [6.07, 6.45) is 0.378. The standard InChI is InChI=1S/C17H16FNO3/c18-13-7-5-12(6-8-13)11-14(20)9-10-19-17(22)15-3-1-2-4-16(15)21/h1-8,21H,9-11H2,(H,19,22). The van der Waals surface area contributed by atoms with E-state index in [0.29, 0.717) is 0 Å². The molecule has 0 spiro atoms. The first-order chi connectivity index (χ1) is 10.6. The third-order valence-electron chi connectivity index (χ3n) is 3.15. The summed E-state index contributed by atoms with van der Waals surface area (Å²) in [6, 6.07) is 11.9. The van der Waals surface area contributed by atoms with Crippen molar-refractivity contribution in [2.24, 2.45) is 0 Å². The lowest BCUT2D eigenvalue weighted by Crippen LogP contribution is -2.26. The molecule has 0 aromatic heterocycles. The summed E-state index contributed by atoms with van der Waals surface area (Å²) in [7, 11) is 0. The SMILES string of the molecule is O=C(CCNC(=O)c1ccccc1O)Cc1ccc(F)cc1. The molecule has 0 saturated carbocycles. The number of ketones is 1. The van der Waals surface area contributed by atoms with Gasteiger partial charge in [-0.2, -0.15) is 0 Å². The summed E-state index contributed by atoms with van der Waals surface area (Å²) >= 11 is 0. The van der Waals surface area contributed by atoms with Crippen LogP contribution in [0.5, 0.6) is 5.75 Å². The number of carbonyl (C=O) groups excluding carboxylic acids is 2. The predicted molar refractivity (Wildman–Crippen MR) is 80.2 cm³/mol. The van der Waals surface area contributed by atoms with E-state index in [4.69, 9.17) is 0 Å². The van der Waals surface area contributed by atoms with Gasteiger partial charge in [0.1, 0.15) is 17.3 Å². The van der Waals surface area contributed by atoms with Crippen molar-refractivity contribution >= 4 is 11.7 Å². The van der Waals surface area contributed by atoms with Crippen LogP contribution in [0.4, 0.5) is 4.39 Å². The zero-order valence-corrected chi connectivity index (χ0v) is 11.9. The minimum Gasteiger partial charge on any atom is -0.507 e. The lowest BCUT2D eigenvalue weighted by molar-refractivity contribution is -0.118. The van der Waals surface area contributed by atoms with Crippen LogP contribution in [0.25, 0.3) is 0 Å². The Hall–Kier alpha value is -2.69. The number of hydrogen-bond donors (Lipinski definition) is 2. The van der Waals surface area contributed by atoms with E-state index in [2.05, 4.69) is 5.32 Å². The van der Waals surface area contributed by atoms with Gasteiger partial charge in [-0.05, 0) is 29.8 Å². The molecule has 0 fully saturated rings. The van der Waals surface area contributed by atoms with Crippen molar-refractivity contribution in [3.05, 3.63) is 65.5 Å². The summed E-state index contributed by atoms with van der Waals surface area (Å²) in [4.78, 5) is 23.6. The molecule has 2 aromatic carbocycles. The van der Waals surface area contributed by atoms with E-state index in [-0.39, 0.29) is 42.3 Å². The number of hydrogen-bond acceptors (Lipinski definition) is 3. The monoisotopic (exact) mass is 301 g/mol. The highest BCUT2D eigenvalue weighted by molar-refractivity contribution is 5.97. The van der Waals surface area contributed by atoms with E-state index in [9.17, 15) is 19.1 Å². The van der Waals surface area contributed by atoms with Crippen LogP contribution < -0.4 is 5.32 Å². The lowest BCUT2D eigenvalue weighted by atomic mass is 10.1. The second kappa shape index (κ2) is 7.36. The molecule has 0 unspecified atom stereocenters. The maximum Gasteiger partial charge on any atom is 0.255 e. The third-order valence-corrected chi connectivity index (χ3v) is 3.15. The summed E-state index contributed by atoms with van der Waals surface area (Å²) < 4.78 is 12.8. The van der Waals surface area contributed by atoms with Crippen molar-refractivity contribution in [1.82, 2.24) is 5.32 Å². The molecule has 2 rings (SSSR count). The van der Waals surface area contributed by atoms with Crippen molar-refractivity contribution in [1.29, 1.82) is 0 Å². The van der Waals surface area contributed by atoms with E-state index in [1.54, 1.807) is 24.3 Å². The summed E-state index contributed by atoms with van der Waals surface area (Å²) in [6.45, 7) is 0.188. The molecule has 2 N–H and O–H groups in total. The highest BCUT2D eigenvalue weighted by atomic mass is 19.1. The Labute approximate surface area is 127 Å². The molecule has 5 heteroatoms. The van der Waals surface area contributed by atoms with Gasteiger partial charge in [-0.1, -0.05) is 24.3 Å². The van der Waals surface area contributed by atoms with Gasteiger partial charge in [0, 0.05) is 19.4 Å². The molecule has 114 valence electrons. The minimum atomic E-state index is -0.423. The Morgan fingerprint density at radius 2 is 1.73 bits per heavy atom. The number of halogens is 1. The molecule has 4 nitrogen and oxygen atoms in total. The quantitative estimate of drug-likeness (QED) is 0.861. The first kappa shape index (κ1) is 15.7. The number of phenolic OH excluding ortho intramolecular Hbond substituents is 1. The smallest absolute Gasteiger partial charge is 0.255 e. The van der Waals surface area contributed by atoms with Gasteiger partial charge in [0.15, 0.2) is 0 Å². The Morgan fingerprint density at radius 1 is 1.05 bits per heavy atom. The number of aromatic hydroxyl groups is 1. The molecule has 0 heterocycles. The van der Waals surface area contributed by atoms with Crippen LogP contribution >= 0.6 is 0 Å². The van der Waals surface area contributed by atoms with E-state index in [1.807, 2.05) is 0 Å². The van der Waals surface area contributed by atoms with Crippen LogP contribution in [0, 0.1) is 5.82 Å². The Kier molecular flexibility index (Phi) is 5.25. The van der Waals surface area contributed by atoms with E-state index >= 15 is 0 Å². The molecule has 2 aromatic rings. The Morgan fingerprint density at radius 3 is 2.41 bits per heavy atom. The fourth-order valence-electron chi connectivity index (χ4n) is 1.99. The van der Waals surface area contributed by atoms with Crippen molar-refractivity contribution in [2.75, 3.05) is 6.54 Å². The highest BCUT2D eigenvalue weighted by Crippen LogP contribution is 2.14. The minimum absolute atomic E-state index is 0.0517. The van der Waals surface area contributed by atoms with E-state index in [0.717, 1.165) is 5.56 Å². The number of phenols is 1. The van der Waals surface area contributed by atoms with Gasteiger partial charge in [-0.15, -0.1) is 0 Å². The van der Waals surface area contributed by atoms with Crippen molar-refractivity contribution in [3.63, 3.8) is 0 Å². The van der Waals surface area contributed by atoms with Crippen LogP contribution in [0.1, 0.15) is 22.3 Å². The first-order valence-electron chi connectivity index (χ1n) is 6.88. The molecule has 22 heavy (non-hydrogen) atoms. The summed E-state index contributed by atoms with van der Waals surface area (Å²) in [5.74, 6) is -0.916. The average Bonchev–Trinajstić information content (AvgIpc) is 2.50. The van der Waals surface area contributed by atoms with Crippen LogP contribution in [0.2, 0.25) is 0 Å². The Bertz CT molecular complexity index is 668. The van der Waals surface area contributed by atoms with Gasteiger partial charge in [0.05, 0.1) is 5.56 Å². The first-order valence-corrected chi connectivity index (χ1v) is 6.88. The molecule has 1 amide bonds. The molecule has 0 radical (unpaired) electrons. The Balaban J connectivity index is 1.78. The molecule has 0 saturated heterocycles. The van der Waals surface area contributed by atoms with Gasteiger partial charge in [-0.3, -0.25) is 9.59 Å². The van der Waals surface area contributed by atoms with Gasteiger partial charge >= 0.3 is 0 Å². The number of para-hydroxylation sites is 1. The summed E-state index contributed by atoms with van der Waals surface area (Å²) in [5.41, 5.74) is 0.909. The number of nitrogens with one attached hydrogen (secondary N) is 1. The van der Waals surface area contributed by atoms with Crippen molar-refractivity contribution in [2.45, 2.75) is 12.8 Å². The zero-order chi connectivity index (χ0) is 15.9. The van der Waals surface area contributed by atoms with Crippen LogP contribution in [-0.4, -0.2) is 23.3 Å². The largest absolute Gasteiger partial charge is 0.507 e. The van der Waals surface area contributed by atoms with E-state index in [1.165, 1.54) is 24.3 Å². The topological polar surface area (TPSA) is 66.4 Å².